The summed E-state index contributed by atoms with van der Waals surface area (Å²) in [7, 11) is 0. The molecule has 0 aromatic heterocycles. The summed E-state index contributed by atoms with van der Waals surface area (Å²) < 4.78 is 0. The van der Waals surface area contributed by atoms with E-state index in [1.807, 2.05) is 13.8 Å². The van der Waals surface area contributed by atoms with Crippen LogP contribution in [0.1, 0.15) is 27.2 Å². The Morgan fingerprint density at radius 3 is 2.45 bits per heavy atom. The summed E-state index contributed by atoms with van der Waals surface area (Å²) in [4.78, 5) is 11.0. The van der Waals surface area contributed by atoms with Gasteiger partial charge in [0.25, 0.3) is 0 Å². The first-order valence-corrected chi connectivity index (χ1v) is 3.90. The third-order valence-electron chi connectivity index (χ3n) is 2.91. The van der Waals surface area contributed by atoms with E-state index in [2.05, 4.69) is 6.07 Å². The molecule has 0 aromatic rings. The zero-order chi connectivity index (χ0) is 8.65. The predicted molar refractivity (Wildman–Crippen MR) is 41.7 cm³/mol. The van der Waals surface area contributed by atoms with E-state index in [-0.39, 0.29) is 23.0 Å². The maximum absolute atomic E-state index is 11.0. The highest BCUT2D eigenvalue weighted by Crippen LogP contribution is 2.51. The molecule has 0 saturated heterocycles. The van der Waals surface area contributed by atoms with Gasteiger partial charge in [0.05, 0.1) is 12.0 Å². The zero-order valence-corrected chi connectivity index (χ0v) is 7.22. The molecule has 1 saturated carbocycles. The number of hydrogen-bond donors (Lipinski definition) is 0. The van der Waals surface area contributed by atoms with Crippen molar-refractivity contribution in [3.05, 3.63) is 0 Å². The molecule has 1 fully saturated rings. The summed E-state index contributed by atoms with van der Waals surface area (Å²) in [5.74, 6) is 0.421. The van der Waals surface area contributed by atoms with Crippen LogP contribution in [-0.4, -0.2) is 5.78 Å². The van der Waals surface area contributed by atoms with E-state index in [0.717, 1.165) is 6.42 Å². The van der Waals surface area contributed by atoms with Crippen molar-refractivity contribution in [2.75, 3.05) is 0 Å². The van der Waals surface area contributed by atoms with Gasteiger partial charge in [0.1, 0.15) is 5.78 Å². The fourth-order valence-electron chi connectivity index (χ4n) is 1.83. The molecule has 2 nitrogen and oxygen atoms in total. The second kappa shape index (κ2) is 2.34. The van der Waals surface area contributed by atoms with Gasteiger partial charge in [-0.25, -0.2) is 0 Å². The average molecular weight is 151 g/mol. The average Bonchev–Trinajstić information content (AvgIpc) is 1.85. The molecule has 0 unspecified atom stereocenters. The molecule has 11 heavy (non-hydrogen) atoms. The van der Waals surface area contributed by atoms with Gasteiger partial charge in [0.2, 0.25) is 0 Å². The van der Waals surface area contributed by atoms with Crippen molar-refractivity contribution >= 4 is 5.78 Å². The van der Waals surface area contributed by atoms with Gasteiger partial charge in [-0.2, -0.15) is 5.26 Å². The lowest BCUT2D eigenvalue weighted by Crippen LogP contribution is -2.47. The first-order valence-electron chi connectivity index (χ1n) is 3.90. The van der Waals surface area contributed by atoms with Crippen LogP contribution in [0.25, 0.3) is 0 Å². The number of Topliss-reactive ketones (excluding diaryl/α,β-unsaturated/α-hetero) is 1. The highest BCUT2D eigenvalue weighted by Gasteiger charge is 2.50. The minimum absolute atomic E-state index is 0.0800. The molecule has 1 rings (SSSR count). The van der Waals surface area contributed by atoms with Crippen molar-refractivity contribution in [1.29, 1.82) is 5.26 Å². The van der Waals surface area contributed by atoms with Crippen molar-refractivity contribution in [2.45, 2.75) is 27.2 Å². The molecule has 0 aromatic carbocycles. The van der Waals surface area contributed by atoms with Gasteiger partial charge in [-0.15, -0.1) is 0 Å². The normalized spacial score (nSPS) is 33.6. The SMILES string of the molecule is CC(=O)[C@@H]1C[C@@H](C#N)C1(C)C. The van der Waals surface area contributed by atoms with E-state index < -0.39 is 0 Å². The number of rotatable bonds is 1. The topological polar surface area (TPSA) is 40.9 Å². The Morgan fingerprint density at radius 2 is 2.18 bits per heavy atom. The van der Waals surface area contributed by atoms with E-state index in [9.17, 15) is 4.79 Å². The second-order valence-corrected chi connectivity index (χ2v) is 3.90. The van der Waals surface area contributed by atoms with Gasteiger partial charge in [-0.3, -0.25) is 4.79 Å². The van der Waals surface area contributed by atoms with E-state index in [0.29, 0.717) is 0 Å². The molecule has 2 heteroatoms. The van der Waals surface area contributed by atoms with Crippen LogP contribution in [0.4, 0.5) is 0 Å². The lowest BCUT2D eigenvalue weighted by molar-refractivity contribution is -0.132. The second-order valence-electron chi connectivity index (χ2n) is 3.90. The number of nitrogens with zero attached hydrogens (tertiary/aromatic N) is 1. The highest BCUT2D eigenvalue weighted by molar-refractivity contribution is 5.80. The van der Waals surface area contributed by atoms with E-state index in [1.165, 1.54) is 0 Å². The highest BCUT2D eigenvalue weighted by atomic mass is 16.1. The lowest BCUT2D eigenvalue weighted by atomic mass is 9.54. The summed E-state index contributed by atoms with van der Waals surface area (Å²) in [5.41, 5.74) is -0.0828. The smallest absolute Gasteiger partial charge is 0.133 e. The summed E-state index contributed by atoms with van der Waals surface area (Å²) in [6.45, 7) is 5.60. The number of hydrogen-bond acceptors (Lipinski definition) is 2. The molecule has 0 spiro atoms. The summed E-state index contributed by atoms with van der Waals surface area (Å²) in [6, 6.07) is 2.22. The van der Waals surface area contributed by atoms with Crippen LogP contribution in [0.5, 0.6) is 0 Å². The first-order chi connectivity index (χ1) is 5.00. The maximum Gasteiger partial charge on any atom is 0.133 e. The van der Waals surface area contributed by atoms with Crippen molar-refractivity contribution in [3.63, 3.8) is 0 Å². The summed E-state index contributed by atoms with van der Waals surface area (Å²) in [6.07, 6.45) is 0.763. The van der Waals surface area contributed by atoms with Crippen LogP contribution in [0.2, 0.25) is 0 Å². The number of nitriles is 1. The van der Waals surface area contributed by atoms with E-state index >= 15 is 0 Å². The van der Waals surface area contributed by atoms with Gasteiger partial charge >= 0.3 is 0 Å². The Bertz CT molecular complexity index is 224. The Labute approximate surface area is 67.2 Å². The van der Waals surface area contributed by atoms with Crippen molar-refractivity contribution in [3.8, 4) is 6.07 Å². The van der Waals surface area contributed by atoms with E-state index in [4.69, 9.17) is 5.26 Å². The predicted octanol–water partition coefficient (Wildman–Crippen LogP) is 1.76. The van der Waals surface area contributed by atoms with Crippen LogP contribution < -0.4 is 0 Å². The molecule has 0 amide bonds. The molecule has 0 bridgehead atoms. The Balaban J connectivity index is 2.70. The first kappa shape index (κ1) is 8.26. The molecule has 60 valence electrons. The van der Waals surface area contributed by atoms with Crippen molar-refractivity contribution in [2.24, 2.45) is 17.3 Å². The third kappa shape index (κ3) is 1.05. The zero-order valence-electron chi connectivity index (χ0n) is 7.22. The van der Waals surface area contributed by atoms with Gasteiger partial charge in [-0.1, -0.05) is 13.8 Å². The van der Waals surface area contributed by atoms with Gasteiger partial charge < -0.3 is 0 Å². The summed E-state index contributed by atoms with van der Waals surface area (Å²) >= 11 is 0. The Hall–Kier alpha value is -0.840. The van der Waals surface area contributed by atoms with Crippen LogP contribution in [0.3, 0.4) is 0 Å². The fraction of sp³-hybridized carbons (Fsp3) is 0.778. The number of carbonyl (C=O) groups excluding carboxylic acids is 1. The maximum atomic E-state index is 11.0. The van der Waals surface area contributed by atoms with Gasteiger partial charge in [0.15, 0.2) is 0 Å². The fourth-order valence-corrected chi connectivity index (χ4v) is 1.83. The molecule has 0 radical (unpaired) electrons. The monoisotopic (exact) mass is 151 g/mol. The minimum atomic E-state index is -0.0828. The Kier molecular flexibility index (Phi) is 1.75. The quantitative estimate of drug-likeness (QED) is 0.573. The lowest BCUT2D eigenvalue weighted by Gasteiger charge is -2.47. The molecule has 1 aliphatic rings. The molecule has 0 aliphatic heterocycles. The third-order valence-corrected chi connectivity index (χ3v) is 2.91. The molecule has 1 aliphatic carbocycles. The molecular formula is C9H13NO. The molecule has 2 atom stereocenters. The molecule has 0 heterocycles. The standard InChI is InChI=1S/C9H13NO/c1-6(11)8-4-7(5-10)9(8,2)3/h7-8H,4H2,1-3H3/t7-,8-/m0/s1. The number of carbonyl (C=O) groups is 1. The largest absolute Gasteiger partial charge is 0.300 e. The van der Waals surface area contributed by atoms with Crippen LogP contribution in [-0.2, 0) is 4.79 Å². The van der Waals surface area contributed by atoms with E-state index in [1.54, 1.807) is 6.92 Å². The molecule has 0 N–H and O–H groups in total. The number of ketones is 1. The van der Waals surface area contributed by atoms with Gasteiger partial charge in [0, 0.05) is 5.92 Å². The van der Waals surface area contributed by atoms with Crippen molar-refractivity contribution < 1.29 is 4.79 Å². The van der Waals surface area contributed by atoms with Gasteiger partial charge in [-0.05, 0) is 18.8 Å². The molecular weight excluding hydrogens is 138 g/mol. The Morgan fingerprint density at radius 1 is 1.64 bits per heavy atom. The van der Waals surface area contributed by atoms with Crippen LogP contribution in [0, 0.1) is 28.6 Å². The van der Waals surface area contributed by atoms with Crippen LogP contribution in [0.15, 0.2) is 0 Å². The van der Waals surface area contributed by atoms with Crippen LogP contribution >= 0.6 is 0 Å². The minimum Gasteiger partial charge on any atom is -0.300 e. The van der Waals surface area contributed by atoms with Crippen molar-refractivity contribution in [1.82, 2.24) is 0 Å². The summed E-state index contributed by atoms with van der Waals surface area (Å²) in [5, 5.41) is 8.66.